The van der Waals surface area contributed by atoms with Gasteiger partial charge in [0.05, 0.1) is 25.4 Å². The Balaban J connectivity index is 1.44. The van der Waals surface area contributed by atoms with Crippen molar-refractivity contribution in [1.29, 1.82) is 0 Å². The molecule has 2 saturated heterocycles. The van der Waals surface area contributed by atoms with E-state index in [-0.39, 0.29) is 18.0 Å². The normalized spacial score (nSPS) is 20.4. The van der Waals surface area contributed by atoms with Gasteiger partial charge >= 0.3 is 0 Å². The Morgan fingerprint density at radius 2 is 1.68 bits per heavy atom. The first-order chi connectivity index (χ1) is 16.7. The van der Waals surface area contributed by atoms with Gasteiger partial charge in [-0.15, -0.1) is 0 Å². The largest absolute Gasteiger partial charge is 0.377 e. The molecule has 1 aromatic heterocycles. The first-order valence-electron chi connectivity index (χ1n) is 12.1. The summed E-state index contributed by atoms with van der Waals surface area (Å²) in [6, 6.07) is 16.9. The van der Waals surface area contributed by atoms with Gasteiger partial charge in [0, 0.05) is 31.9 Å². The molecule has 0 saturated carbocycles. The number of benzene rings is 2. The Morgan fingerprint density at radius 3 is 2.35 bits per heavy atom. The van der Waals surface area contributed by atoms with Crippen LogP contribution in [0.1, 0.15) is 31.2 Å². The molecule has 0 radical (unpaired) electrons. The highest BCUT2D eigenvalue weighted by Gasteiger charge is 2.23. The fourth-order valence-corrected chi connectivity index (χ4v) is 5.04. The molecule has 0 N–H and O–H groups in total. The van der Waals surface area contributed by atoms with E-state index in [4.69, 9.17) is 26.8 Å². The molecule has 2 fully saturated rings. The Morgan fingerprint density at radius 1 is 0.971 bits per heavy atom. The summed E-state index contributed by atoms with van der Waals surface area (Å²) in [4.78, 5) is 2.35. The molecular formula is C26H31FN4O2S. The summed E-state index contributed by atoms with van der Waals surface area (Å²) in [6.45, 7) is 4.42. The standard InChI is InChI=1S/C26H31FN4O2S/c27-22-12-10-21(11-13-22)25-28-31(26(34)30(25)18-24-9-5-15-33-24)19-29(17-23-8-4-14-32-23)16-20-6-2-1-3-7-20/h1-3,6-7,10-13,23-24H,4-5,8-9,14-19H2/t23-,24-/m1/s1. The maximum absolute atomic E-state index is 13.6. The van der Waals surface area contributed by atoms with Gasteiger partial charge in [-0.05, 0) is 67.7 Å². The molecule has 6 nitrogen and oxygen atoms in total. The van der Waals surface area contributed by atoms with Gasteiger partial charge in [-0.1, -0.05) is 30.3 Å². The van der Waals surface area contributed by atoms with Crippen molar-refractivity contribution < 1.29 is 13.9 Å². The van der Waals surface area contributed by atoms with Crippen molar-refractivity contribution in [1.82, 2.24) is 19.2 Å². The molecule has 5 rings (SSSR count). The number of hydrogen-bond donors (Lipinski definition) is 0. The lowest BCUT2D eigenvalue weighted by atomic mass is 10.2. The average Bonchev–Trinajstić information content (AvgIpc) is 3.60. The van der Waals surface area contributed by atoms with Crippen LogP contribution in [0.5, 0.6) is 0 Å². The maximum atomic E-state index is 13.6. The third-order valence-corrected chi connectivity index (χ3v) is 6.94. The average molecular weight is 483 g/mol. The van der Waals surface area contributed by atoms with Crippen LogP contribution in [0, 0.1) is 10.6 Å². The molecule has 0 spiro atoms. The number of ether oxygens (including phenoxy) is 2. The maximum Gasteiger partial charge on any atom is 0.199 e. The molecule has 2 aliphatic heterocycles. The summed E-state index contributed by atoms with van der Waals surface area (Å²) in [7, 11) is 0. The van der Waals surface area contributed by atoms with Crippen molar-refractivity contribution in [2.24, 2.45) is 0 Å². The fraction of sp³-hybridized carbons (Fsp3) is 0.462. The van der Waals surface area contributed by atoms with Gasteiger partial charge in [-0.3, -0.25) is 9.47 Å². The smallest absolute Gasteiger partial charge is 0.199 e. The van der Waals surface area contributed by atoms with Crippen molar-refractivity contribution >= 4 is 12.2 Å². The summed E-state index contributed by atoms with van der Waals surface area (Å²) in [5, 5.41) is 4.92. The van der Waals surface area contributed by atoms with E-state index in [2.05, 4.69) is 29.2 Å². The van der Waals surface area contributed by atoms with Crippen LogP contribution in [0.15, 0.2) is 54.6 Å². The number of rotatable bonds is 9. The zero-order chi connectivity index (χ0) is 23.3. The lowest BCUT2D eigenvalue weighted by Crippen LogP contribution is -2.34. The highest BCUT2D eigenvalue weighted by atomic mass is 32.1. The van der Waals surface area contributed by atoms with E-state index in [1.165, 1.54) is 17.7 Å². The third-order valence-electron chi connectivity index (χ3n) is 6.50. The SMILES string of the molecule is Fc1ccc(-c2nn(CN(Cc3ccccc3)C[C@H]3CCCO3)c(=S)n2C[C@H]2CCCO2)cc1. The van der Waals surface area contributed by atoms with Crippen molar-refractivity contribution in [3.63, 3.8) is 0 Å². The topological polar surface area (TPSA) is 44.5 Å². The minimum Gasteiger partial charge on any atom is -0.377 e. The van der Waals surface area contributed by atoms with Gasteiger partial charge in [0.15, 0.2) is 10.6 Å². The van der Waals surface area contributed by atoms with Crippen molar-refractivity contribution in [3.05, 3.63) is 70.7 Å². The summed E-state index contributed by atoms with van der Waals surface area (Å²) < 4.78 is 30.0. The van der Waals surface area contributed by atoms with E-state index in [1.807, 2.05) is 15.3 Å². The van der Waals surface area contributed by atoms with Crippen molar-refractivity contribution in [3.8, 4) is 11.4 Å². The van der Waals surface area contributed by atoms with Crippen LogP contribution in [0.25, 0.3) is 11.4 Å². The summed E-state index contributed by atoms with van der Waals surface area (Å²) in [6.07, 6.45) is 4.59. The van der Waals surface area contributed by atoms with E-state index >= 15 is 0 Å². The van der Waals surface area contributed by atoms with Gasteiger partial charge < -0.3 is 9.47 Å². The fourth-order valence-electron chi connectivity index (χ4n) is 4.78. The van der Waals surface area contributed by atoms with E-state index in [0.717, 1.165) is 63.4 Å². The third kappa shape index (κ3) is 5.63. The predicted octanol–water partition coefficient (Wildman–Crippen LogP) is 5.04. The number of nitrogens with zero attached hydrogens (tertiary/aromatic N) is 4. The van der Waals surface area contributed by atoms with E-state index in [1.54, 1.807) is 12.1 Å². The predicted molar refractivity (Wildman–Crippen MR) is 131 cm³/mol. The number of hydrogen-bond acceptors (Lipinski definition) is 5. The van der Waals surface area contributed by atoms with Gasteiger partial charge in [0.2, 0.25) is 0 Å². The quantitative estimate of drug-likeness (QED) is 0.400. The highest BCUT2D eigenvalue weighted by molar-refractivity contribution is 7.71. The second-order valence-electron chi connectivity index (χ2n) is 9.13. The second-order valence-corrected chi connectivity index (χ2v) is 9.50. The van der Waals surface area contributed by atoms with E-state index in [0.29, 0.717) is 18.0 Å². The van der Waals surface area contributed by atoms with Crippen LogP contribution in [-0.2, 0) is 29.2 Å². The molecule has 0 aliphatic carbocycles. The Kier molecular flexibility index (Phi) is 7.49. The van der Waals surface area contributed by atoms with Crippen molar-refractivity contribution in [2.45, 2.75) is 57.6 Å². The van der Waals surface area contributed by atoms with Crippen LogP contribution in [0.4, 0.5) is 4.39 Å². The Labute approximate surface area is 204 Å². The molecule has 180 valence electrons. The molecule has 3 aromatic rings. The van der Waals surface area contributed by atoms with Crippen LogP contribution in [0.3, 0.4) is 0 Å². The molecule has 2 atom stereocenters. The lowest BCUT2D eigenvalue weighted by Gasteiger charge is -2.25. The number of halogens is 1. The zero-order valence-corrected chi connectivity index (χ0v) is 20.1. The van der Waals surface area contributed by atoms with E-state index < -0.39 is 0 Å². The molecule has 8 heteroatoms. The molecule has 2 aliphatic rings. The Bertz CT molecular complexity index is 1120. The minimum atomic E-state index is -0.266. The van der Waals surface area contributed by atoms with Gasteiger partial charge in [-0.25, -0.2) is 9.07 Å². The van der Waals surface area contributed by atoms with E-state index in [9.17, 15) is 4.39 Å². The van der Waals surface area contributed by atoms with Crippen LogP contribution in [-0.4, -0.2) is 51.2 Å². The monoisotopic (exact) mass is 482 g/mol. The molecular weight excluding hydrogens is 451 g/mol. The molecule has 34 heavy (non-hydrogen) atoms. The highest BCUT2D eigenvalue weighted by Crippen LogP contribution is 2.23. The first-order valence-corrected chi connectivity index (χ1v) is 12.5. The first kappa shape index (κ1) is 23.4. The van der Waals surface area contributed by atoms with Crippen molar-refractivity contribution in [2.75, 3.05) is 19.8 Å². The molecule has 2 aromatic carbocycles. The van der Waals surface area contributed by atoms with Crippen LogP contribution < -0.4 is 0 Å². The Hall–Kier alpha value is -2.39. The van der Waals surface area contributed by atoms with Gasteiger partial charge in [0.1, 0.15) is 5.82 Å². The molecule has 3 heterocycles. The van der Waals surface area contributed by atoms with Crippen LogP contribution >= 0.6 is 12.2 Å². The summed E-state index contributed by atoms with van der Waals surface area (Å²) >= 11 is 5.91. The minimum absolute atomic E-state index is 0.121. The lowest BCUT2D eigenvalue weighted by molar-refractivity contribution is 0.0565. The molecule has 0 amide bonds. The second kappa shape index (κ2) is 10.9. The molecule has 0 bridgehead atoms. The van der Waals surface area contributed by atoms with Gasteiger partial charge in [0.25, 0.3) is 0 Å². The molecule has 0 unspecified atom stereocenters. The van der Waals surface area contributed by atoms with Crippen LogP contribution in [0.2, 0.25) is 0 Å². The van der Waals surface area contributed by atoms with Gasteiger partial charge in [-0.2, -0.15) is 5.10 Å². The zero-order valence-electron chi connectivity index (χ0n) is 19.3. The number of aromatic nitrogens is 3. The summed E-state index contributed by atoms with van der Waals surface area (Å²) in [5.74, 6) is 0.482. The summed E-state index contributed by atoms with van der Waals surface area (Å²) in [5.41, 5.74) is 2.09.